The second-order valence-electron chi connectivity index (χ2n) is 7.82. The van der Waals surface area contributed by atoms with Crippen molar-refractivity contribution in [2.75, 3.05) is 0 Å². The number of rotatable bonds is 5. The Morgan fingerprint density at radius 2 is 1.74 bits per heavy atom. The number of ketones is 1. The molecule has 0 amide bonds. The fraction of sp³-hybridized carbons (Fsp3) is 0. The topological polar surface area (TPSA) is 106 Å². The van der Waals surface area contributed by atoms with Crippen LogP contribution >= 0.6 is 11.6 Å². The number of nitro groups is 1. The maximum absolute atomic E-state index is 13.4. The van der Waals surface area contributed by atoms with Gasteiger partial charge in [-0.25, -0.2) is 4.98 Å². The predicted molar refractivity (Wildman–Crippen MR) is 137 cm³/mol. The lowest BCUT2D eigenvalue weighted by atomic mass is 9.93. The SMILES string of the molecule is O=C(/C=C/c1cc2ccccc2nc1Cl)c1c(-c2ccccc2)c2cc([N+](=O)[O-])ccc2[nH]c1=O. The Hall–Kier alpha value is -4.62. The van der Waals surface area contributed by atoms with Crippen molar-refractivity contribution in [2.45, 2.75) is 0 Å². The summed E-state index contributed by atoms with van der Waals surface area (Å²) in [4.78, 5) is 44.3. The molecule has 0 aliphatic rings. The first-order valence-electron chi connectivity index (χ1n) is 10.6. The van der Waals surface area contributed by atoms with Gasteiger partial charge in [0.1, 0.15) is 5.15 Å². The Bertz CT molecular complexity index is 1730. The number of aromatic nitrogens is 2. The van der Waals surface area contributed by atoms with E-state index in [1.807, 2.05) is 24.3 Å². The Labute approximate surface area is 203 Å². The molecule has 0 atom stereocenters. The second-order valence-corrected chi connectivity index (χ2v) is 8.17. The number of hydrogen-bond donors (Lipinski definition) is 1. The summed E-state index contributed by atoms with van der Waals surface area (Å²) in [5, 5.41) is 12.9. The van der Waals surface area contributed by atoms with E-state index in [1.54, 1.807) is 36.4 Å². The van der Waals surface area contributed by atoms with Crippen LogP contribution in [-0.2, 0) is 0 Å². The van der Waals surface area contributed by atoms with E-state index in [9.17, 15) is 19.7 Å². The highest BCUT2D eigenvalue weighted by Crippen LogP contribution is 2.32. The minimum atomic E-state index is -0.595. The van der Waals surface area contributed by atoms with Gasteiger partial charge in [0.25, 0.3) is 11.2 Å². The first-order chi connectivity index (χ1) is 16.9. The van der Waals surface area contributed by atoms with E-state index in [2.05, 4.69) is 9.97 Å². The molecule has 2 aromatic heterocycles. The molecule has 5 aromatic rings. The fourth-order valence-corrected chi connectivity index (χ4v) is 4.22. The summed E-state index contributed by atoms with van der Waals surface area (Å²) in [5.74, 6) is -0.567. The lowest BCUT2D eigenvalue weighted by Gasteiger charge is -2.11. The standard InChI is InChI=1S/C27H16ClN3O4/c28-26-18(14-17-8-4-5-9-21(17)29-26)10-13-23(32)25-24(16-6-2-1-3-7-16)20-15-19(31(34)35)11-12-22(20)30-27(25)33/h1-15H,(H,30,33)/b13-10+. The van der Waals surface area contributed by atoms with Crippen molar-refractivity contribution in [3.63, 3.8) is 0 Å². The molecule has 7 nitrogen and oxygen atoms in total. The number of benzene rings is 3. The normalized spacial score (nSPS) is 11.3. The van der Waals surface area contributed by atoms with Crippen LogP contribution in [0.5, 0.6) is 0 Å². The number of allylic oxidation sites excluding steroid dienone is 1. The molecule has 0 radical (unpaired) electrons. The Morgan fingerprint density at radius 1 is 1.00 bits per heavy atom. The Balaban J connectivity index is 1.69. The molecule has 0 fully saturated rings. The van der Waals surface area contributed by atoms with Gasteiger partial charge in [0.05, 0.1) is 16.0 Å². The summed E-state index contributed by atoms with van der Waals surface area (Å²) >= 11 is 6.31. The molecular weight excluding hydrogens is 466 g/mol. The summed E-state index contributed by atoms with van der Waals surface area (Å²) in [6.07, 6.45) is 2.77. The molecule has 5 rings (SSSR count). The van der Waals surface area contributed by atoms with Crippen molar-refractivity contribution in [3.05, 3.63) is 122 Å². The third-order valence-electron chi connectivity index (χ3n) is 5.64. The maximum atomic E-state index is 13.4. The molecule has 3 aromatic carbocycles. The molecule has 0 saturated heterocycles. The Morgan fingerprint density at radius 3 is 2.51 bits per heavy atom. The van der Waals surface area contributed by atoms with Crippen LogP contribution < -0.4 is 5.56 Å². The lowest BCUT2D eigenvalue weighted by Crippen LogP contribution is -2.18. The van der Waals surface area contributed by atoms with E-state index >= 15 is 0 Å². The number of fused-ring (bicyclic) bond motifs is 2. The van der Waals surface area contributed by atoms with Gasteiger partial charge in [0.2, 0.25) is 0 Å². The summed E-state index contributed by atoms with van der Waals surface area (Å²) in [7, 11) is 0. The molecule has 0 unspecified atom stereocenters. The maximum Gasteiger partial charge on any atom is 0.270 e. The molecule has 0 aliphatic carbocycles. The van der Waals surface area contributed by atoms with Gasteiger partial charge >= 0.3 is 0 Å². The van der Waals surface area contributed by atoms with Crippen LogP contribution in [-0.4, -0.2) is 20.7 Å². The molecule has 8 heteroatoms. The van der Waals surface area contributed by atoms with Crippen LogP contribution in [0.15, 0.2) is 89.7 Å². The number of carbonyl (C=O) groups is 1. The van der Waals surface area contributed by atoms with Crippen molar-refractivity contribution in [1.29, 1.82) is 0 Å². The minimum Gasteiger partial charge on any atom is -0.321 e. The van der Waals surface area contributed by atoms with Gasteiger partial charge in [-0.15, -0.1) is 0 Å². The number of para-hydroxylation sites is 1. The number of pyridine rings is 2. The number of nitro benzene ring substituents is 1. The summed E-state index contributed by atoms with van der Waals surface area (Å²) in [5.41, 5.74) is 1.68. The molecule has 0 spiro atoms. The van der Waals surface area contributed by atoms with Crippen LogP contribution in [0.1, 0.15) is 15.9 Å². The summed E-state index contributed by atoms with van der Waals surface area (Å²) < 4.78 is 0. The van der Waals surface area contributed by atoms with Crippen LogP contribution in [0, 0.1) is 10.1 Å². The number of H-pyrrole nitrogens is 1. The number of non-ortho nitro benzene ring substituents is 1. The number of halogens is 1. The highest BCUT2D eigenvalue weighted by atomic mass is 35.5. The van der Waals surface area contributed by atoms with Crippen LogP contribution in [0.3, 0.4) is 0 Å². The third-order valence-corrected chi connectivity index (χ3v) is 5.94. The van der Waals surface area contributed by atoms with E-state index in [4.69, 9.17) is 11.6 Å². The van der Waals surface area contributed by atoms with Gasteiger partial charge in [0, 0.05) is 39.5 Å². The zero-order chi connectivity index (χ0) is 24.5. The van der Waals surface area contributed by atoms with Crippen molar-refractivity contribution in [2.24, 2.45) is 0 Å². The first kappa shape index (κ1) is 22.2. The number of nitrogens with zero attached hydrogens (tertiary/aromatic N) is 2. The molecule has 35 heavy (non-hydrogen) atoms. The van der Waals surface area contributed by atoms with E-state index < -0.39 is 16.3 Å². The lowest BCUT2D eigenvalue weighted by molar-refractivity contribution is -0.384. The van der Waals surface area contributed by atoms with E-state index in [-0.39, 0.29) is 16.4 Å². The van der Waals surface area contributed by atoms with Crippen LogP contribution in [0.2, 0.25) is 5.15 Å². The average Bonchev–Trinajstić information content (AvgIpc) is 2.86. The zero-order valence-corrected chi connectivity index (χ0v) is 18.8. The smallest absolute Gasteiger partial charge is 0.270 e. The molecular formula is C27H16ClN3O4. The van der Waals surface area contributed by atoms with Gasteiger partial charge in [-0.1, -0.05) is 60.1 Å². The van der Waals surface area contributed by atoms with Gasteiger partial charge in [0.15, 0.2) is 5.78 Å². The molecule has 170 valence electrons. The van der Waals surface area contributed by atoms with Crippen molar-refractivity contribution < 1.29 is 9.72 Å². The zero-order valence-electron chi connectivity index (χ0n) is 18.1. The van der Waals surface area contributed by atoms with Crippen molar-refractivity contribution in [3.8, 4) is 11.1 Å². The van der Waals surface area contributed by atoms with Gasteiger partial charge in [-0.05, 0) is 35.9 Å². The number of hydrogen-bond acceptors (Lipinski definition) is 5. The molecule has 0 aliphatic heterocycles. The number of aromatic amines is 1. The Kier molecular flexibility index (Phi) is 5.68. The summed E-state index contributed by atoms with van der Waals surface area (Å²) in [6, 6.07) is 22.2. The van der Waals surface area contributed by atoms with E-state index in [1.165, 1.54) is 30.4 Å². The first-order valence-corrected chi connectivity index (χ1v) is 11.0. The molecule has 1 N–H and O–H groups in total. The average molecular weight is 482 g/mol. The third kappa shape index (κ3) is 4.20. The quantitative estimate of drug-likeness (QED) is 0.106. The molecule has 2 heterocycles. The number of carbonyl (C=O) groups excluding carboxylic acids is 1. The van der Waals surface area contributed by atoms with Gasteiger partial charge in [-0.2, -0.15) is 0 Å². The fourth-order valence-electron chi connectivity index (χ4n) is 4.01. The van der Waals surface area contributed by atoms with E-state index in [0.717, 1.165) is 10.9 Å². The van der Waals surface area contributed by atoms with Gasteiger partial charge in [-0.3, -0.25) is 19.7 Å². The number of nitrogens with one attached hydrogen (secondary N) is 1. The van der Waals surface area contributed by atoms with E-state index in [0.29, 0.717) is 27.6 Å². The monoisotopic (exact) mass is 481 g/mol. The van der Waals surface area contributed by atoms with Crippen molar-refractivity contribution >= 4 is 51.0 Å². The molecule has 0 saturated carbocycles. The highest BCUT2D eigenvalue weighted by Gasteiger charge is 2.21. The van der Waals surface area contributed by atoms with Crippen LogP contribution in [0.25, 0.3) is 39.0 Å². The largest absolute Gasteiger partial charge is 0.321 e. The second kappa shape index (κ2) is 8.96. The van der Waals surface area contributed by atoms with Crippen molar-refractivity contribution in [1.82, 2.24) is 9.97 Å². The van der Waals surface area contributed by atoms with Gasteiger partial charge < -0.3 is 4.98 Å². The predicted octanol–water partition coefficient (Wildman–Crippen LogP) is 6.20. The summed E-state index contributed by atoms with van der Waals surface area (Å²) in [6.45, 7) is 0. The highest BCUT2D eigenvalue weighted by molar-refractivity contribution is 6.31. The van der Waals surface area contributed by atoms with Crippen LogP contribution in [0.4, 0.5) is 5.69 Å². The minimum absolute atomic E-state index is 0.120. The molecule has 0 bridgehead atoms.